The molecule has 1 atom stereocenters. The summed E-state index contributed by atoms with van der Waals surface area (Å²) in [5.74, 6) is -0.373. The van der Waals surface area contributed by atoms with Gasteiger partial charge in [0, 0.05) is 0 Å². The summed E-state index contributed by atoms with van der Waals surface area (Å²) in [6, 6.07) is 36.7. The van der Waals surface area contributed by atoms with E-state index >= 15 is 0 Å². The number of halogens is 1. The van der Waals surface area contributed by atoms with E-state index in [2.05, 4.69) is 51.9 Å². The molecule has 0 aliphatic carbocycles. The van der Waals surface area contributed by atoms with Gasteiger partial charge < -0.3 is 0 Å². The molecule has 184 valence electrons. The average Bonchev–Trinajstić information content (AvgIpc) is 3.33. The third kappa shape index (κ3) is 3.66. The van der Waals surface area contributed by atoms with Crippen molar-refractivity contribution >= 4 is 52.6 Å². The van der Waals surface area contributed by atoms with E-state index < -0.39 is 21.0 Å². The van der Waals surface area contributed by atoms with Crippen LogP contribution in [-0.2, 0) is 14.8 Å². The summed E-state index contributed by atoms with van der Waals surface area (Å²) in [6.07, 6.45) is 0.408. The fourth-order valence-electron chi connectivity index (χ4n) is 5.31. The molecule has 0 spiro atoms. The van der Waals surface area contributed by atoms with Gasteiger partial charge in [-0.15, -0.1) is 0 Å². The predicted octanol–water partition coefficient (Wildman–Crippen LogP) is 5.12. The summed E-state index contributed by atoms with van der Waals surface area (Å²) in [6.45, 7) is 2.04. The fraction of sp³-hybridized carbons (Fsp3) is 0.138. The minimum absolute atomic E-state index is 0.135. The topological polar surface area (TPSA) is 54.5 Å². The zero-order valence-corrected chi connectivity index (χ0v) is 23.2. The molecule has 1 fully saturated rings. The van der Waals surface area contributed by atoms with Gasteiger partial charge in [0.15, 0.2) is 0 Å². The summed E-state index contributed by atoms with van der Waals surface area (Å²) in [5, 5.41) is -0.673. The van der Waals surface area contributed by atoms with E-state index in [1.165, 1.54) is 0 Å². The van der Waals surface area contributed by atoms with Crippen LogP contribution in [0.15, 0.2) is 120 Å². The molecule has 7 heteroatoms. The SMILES string of the molecule is Cc1ccc(S(=O)(=O)N2CCC(P(Br)(c3ccccc3)(c3ccccc3)c3ccccc3)C2=O)cc1. The van der Waals surface area contributed by atoms with Gasteiger partial charge in [0.25, 0.3) is 0 Å². The molecule has 5 rings (SSSR count). The van der Waals surface area contributed by atoms with Crippen LogP contribution < -0.4 is 15.9 Å². The Balaban J connectivity index is 1.76. The van der Waals surface area contributed by atoms with Crippen LogP contribution in [0.1, 0.15) is 12.0 Å². The molecule has 1 aliphatic heterocycles. The number of benzene rings is 4. The molecule has 1 amide bonds. The normalized spacial score (nSPS) is 17.5. The molecule has 0 radical (unpaired) electrons. The number of carbonyl (C=O) groups is 1. The first-order valence-electron chi connectivity index (χ1n) is 11.8. The fourth-order valence-corrected chi connectivity index (χ4v) is 15.5. The molecule has 4 nitrogen and oxygen atoms in total. The van der Waals surface area contributed by atoms with E-state index in [4.69, 9.17) is 0 Å². The first kappa shape index (κ1) is 24.9. The number of amides is 1. The van der Waals surface area contributed by atoms with E-state index in [1.54, 1.807) is 24.3 Å². The Morgan fingerprint density at radius 1 is 0.722 bits per heavy atom. The Bertz CT molecular complexity index is 1400. The standard InChI is InChI=1S/C29H27BrNO3PS/c1-23-17-19-27(20-18-23)36(33,34)31-22-21-28(29(31)32)35(30,24-11-5-2-6-12-24,25-13-7-3-8-14-25)26-15-9-4-10-16-26/h2-20,28H,21-22H2,1H3. The Labute approximate surface area is 220 Å². The number of carbonyl (C=O) groups excluding carboxylic acids is 1. The molecule has 1 saturated heterocycles. The van der Waals surface area contributed by atoms with Crippen molar-refractivity contribution in [3.8, 4) is 0 Å². The van der Waals surface area contributed by atoms with Gasteiger partial charge in [0.1, 0.15) is 0 Å². The molecule has 4 aromatic rings. The second kappa shape index (κ2) is 9.26. The van der Waals surface area contributed by atoms with Crippen molar-refractivity contribution < 1.29 is 13.2 Å². The van der Waals surface area contributed by atoms with Crippen LogP contribution in [0, 0.1) is 6.92 Å². The van der Waals surface area contributed by atoms with Crippen molar-refractivity contribution in [3.63, 3.8) is 0 Å². The van der Waals surface area contributed by atoms with Crippen LogP contribution in [0.4, 0.5) is 0 Å². The summed E-state index contributed by atoms with van der Waals surface area (Å²) in [4.78, 5) is 14.4. The van der Waals surface area contributed by atoms with E-state index in [1.807, 2.05) is 61.5 Å². The van der Waals surface area contributed by atoms with E-state index in [0.29, 0.717) is 6.42 Å². The van der Waals surface area contributed by atoms with Gasteiger partial charge >= 0.3 is 221 Å². The maximum absolute atomic E-state index is 14.3. The summed E-state index contributed by atoms with van der Waals surface area (Å²) in [7, 11) is -3.99. The van der Waals surface area contributed by atoms with Crippen molar-refractivity contribution in [3.05, 3.63) is 121 Å². The summed E-state index contributed by atoms with van der Waals surface area (Å²) >= 11 is 4.33. The van der Waals surface area contributed by atoms with Crippen LogP contribution in [0.5, 0.6) is 0 Å². The van der Waals surface area contributed by atoms with Crippen molar-refractivity contribution in [1.29, 1.82) is 0 Å². The Hall–Kier alpha value is -2.79. The van der Waals surface area contributed by atoms with Crippen LogP contribution in [-0.4, -0.2) is 30.8 Å². The number of sulfonamides is 1. The number of hydrogen-bond acceptors (Lipinski definition) is 3. The summed E-state index contributed by atoms with van der Waals surface area (Å²) < 4.78 is 28.4. The molecule has 0 aromatic heterocycles. The molecule has 0 bridgehead atoms. The van der Waals surface area contributed by atoms with Crippen molar-refractivity contribution in [1.82, 2.24) is 4.31 Å². The van der Waals surface area contributed by atoms with E-state index in [0.717, 1.165) is 25.8 Å². The maximum atomic E-state index is 14.3. The second-order valence-corrected chi connectivity index (χ2v) is 19.7. The van der Waals surface area contributed by atoms with Crippen LogP contribution in [0.25, 0.3) is 0 Å². The van der Waals surface area contributed by atoms with Gasteiger partial charge in [-0.25, -0.2) is 0 Å². The van der Waals surface area contributed by atoms with Crippen LogP contribution >= 0.6 is 20.8 Å². The zero-order chi connectivity index (χ0) is 25.4. The quantitative estimate of drug-likeness (QED) is 0.298. The Morgan fingerprint density at radius 3 is 1.56 bits per heavy atom. The number of aryl methyl sites for hydroxylation is 1. The first-order chi connectivity index (χ1) is 17.3. The molecule has 0 saturated carbocycles. The van der Waals surface area contributed by atoms with E-state index in [-0.39, 0.29) is 17.3 Å². The molecule has 4 aromatic carbocycles. The number of nitrogens with zero attached hydrogens (tertiary/aromatic N) is 1. The van der Waals surface area contributed by atoms with Crippen molar-refractivity contribution in [2.75, 3.05) is 6.54 Å². The predicted molar refractivity (Wildman–Crippen MR) is 153 cm³/mol. The first-order valence-corrected chi connectivity index (χ1v) is 17.6. The second-order valence-electron chi connectivity index (χ2n) is 9.11. The molecule has 1 heterocycles. The van der Waals surface area contributed by atoms with Gasteiger partial charge in [-0.2, -0.15) is 0 Å². The molecule has 1 unspecified atom stereocenters. The Morgan fingerprint density at radius 2 is 1.14 bits per heavy atom. The Kier molecular flexibility index (Phi) is 6.40. The average molecular weight is 580 g/mol. The monoisotopic (exact) mass is 579 g/mol. The van der Waals surface area contributed by atoms with Gasteiger partial charge in [-0.3, -0.25) is 0 Å². The van der Waals surface area contributed by atoms with Crippen molar-refractivity contribution in [2.24, 2.45) is 0 Å². The molecule has 1 aliphatic rings. The molecule has 0 N–H and O–H groups in total. The number of rotatable bonds is 6. The molecule has 36 heavy (non-hydrogen) atoms. The number of hydrogen-bond donors (Lipinski definition) is 0. The van der Waals surface area contributed by atoms with Crippen LogP contribution in [0.3, 0.4) is 0 Å². The zero-order valence-electron chi connectivity index (χ0n) is 19.9. The van der Waals surface area contributed by atoms with Gasteiger partial charge in [-0.1, -0.05) is 0 Å². The van der Waals surface area contributed by atoms with E-state index in [9.17, 15) is 13.2 Å². The van der Waals surface area contributed by atoms with Crippen molar-refractivity contribution in [2.45, 2.75) is 23.9 Å². The van der Waals surface area contributed by atoms with Gasteiger partial charge in [0.2, 0.25) is 0 Å². The third-order valence-electron chi connectivity index (χ3n) is 7.11. The third-order valence-corrected chi connectivity index (χ3v) is 19.7. The van der Waals surface area contributed by atoms with Gasteiger partial charge in [0.05, 0.1) is 0 Å². The summed E-state index contributed by atoms with van der Waals surface area (Å²) in [5.41, 5.74) is 0.366. The van der Waals surface area contributed by atoms with Gasteiger partial charge in [-0.05, 0) is 0 Å². The van der Waals surface area contributed by atoms with Crippen LogP contribution in [0.2, 0.25) is 0 Å². The molecular weight excluding hydrogens is 553 g/mol. The molecular formula is C29H27BrNO3PS. The minimum atomic E-state index is -3.99.